The van der Waals surface area contributed by atoms with Gasteiger partial charge < -0.3 is 5.73 Å². The molecule has 5 nitrogen and oxygen atoms in total. The summed E-state index contributed by atoms with van der Waals surface area (Å²) in [5.41, 5.74) is 6.89. The molecule has 0 spiro atoms. The van der Waals surface area contributed by atoms with Gasteiger partial charge in [0.05, 0.1) is 0 Å². The van der Waals surface area contributed by atoms with E-state index in [1.54, 1.807) is 0 Å². The summed E-state index contributed by atoms with van der Waals surface area (Å²) in [6, 6.07) is 10.0. The standard InChI is InChI=1S/C12H11N5/c13-11-10-12(16-7-14-10,17-8-15-11)6-9-4-2-1-3-5-9/h1-5,7-8H,6H2,(H2,13,15,17). The number of hydrogen-bond acceptors (Lipinski definition) is 5. The number of hydrogen-bond donors (Lipinski definition) is 1. The predicted octanol–water partition coefficient (Wildman–Crippen LogP) is 0.807. The molecule has 0 amide bonds. The molecule has 2 N–H and O–H groups in total. The van der Waals surface area contributed by atoms with Gasteiger partial charge in [0.15, 0.2) is 5.84 Å². The van der Waals surface area contributed by atoms with Gasteiger partial charge in [0.1, 0.15) is 18.4 Å². The van der Waals surface area contributed by atoms with Gasteiger partial charge in [-0.1, -0.05) is 30.3 Å². The van der Waals surface area contributed by atoms with Crippen molar-refractivity contribution in [2.45, 2.75) is 12.1 Å². The maximum atomic E-state index is 5.81. The highest BCUT2D eigenvalue weighted by molar-refractivity contribution is 6.47. The molecule has 2 aliphatic heterocycles. The third-order valence-corrected chi connectivity index (χ3v) is 2.84. The Morgan fingerprint density at radius 2 is 1.71 bits per heavy atom. The van der Waals surface area contributed by atoms with Crippen LogP contribution in [0.2, 0.25) is 0 Å². The normalized spacial score (nSPS) is 25.4. The van der Waals surface area contributed by atoms with Crippen LogP contribution in [0.15, 0.2) is 50.3 Å². The molecule has 1 aromatic carbocycles. The van der Waals surface area contributed by atoms with E-state index in [4.69, 9.17) is 5.73 Å². The van der Waals surface area contributed by atoms with Gasteiger partial charge in [-0.05, 0) is 5.56 Å². The van der Waals surface area contributed by atoms with Gasteiger partial charge in [-0.2, -0.15) is 0 Å². The summed E-state index contributed by atoms with van der Waals surface area (Å²) in [5, 5.41) is 0. The summed E-state index contributed by atoms with van der Waals surface area (Å²) < 4.78 is 0. The first-order valence-electron chi connectivity index (χ1n) is 5.33. The molecule has 1 unspecified atom stereocenters. The number of nitrogens with zero attached hydrogens (tertiary/aromatic N) is 4. The highest BCUT2D eigenvalue weighted by atomic mass is 15.2. The number of amidine groups is 1. The van der Waals surface area contributed by atoms with Crippen LogP contribution in [0, 0.1) is 0 Å². The maximum Gasteiger partial charge on any atom is 0.203 e. The minimum absolute atomic E-state index is 0.397. The highest BCUT2D eigenvalue weighted by Gasteiger charge is 2.40. The fraction of sp³-hybridized carbons (Fsp3) is 0.167. The summed E-state index contributed by atoms with van der Waals surface area (Å²) in [7, 11) is 0. The lowest BCUT2D eigenvalue weighted by Gasteiger charge is -2.25. The Morgan fingerprint density at radius 3 is 2.47 bits per heavy atom. The summed E-state index contributed by atoms with van der Waals surface area (Å²) >= 11 is 0. The highest BCUT2D eigenvalue weighted by Crippen LogP contribution is 2.26. The largest absolute Gasteiger partial charge is 0.382 e. The first kappa shape index (κ1) is 9.89. The average molecular weight is 225 g/mol. The number of nitrogens with two attached hydrogens (primary N) is 1. The lowest BCUT2D eigenvalue weighted by molar-refractivity contribution is 0.611. The summed E-state index contributed by atoms with van der Waals surface area (Å²) in [6.45, 7) is 0. The van der Waals surface area contributed by atoms with Crippen molar-refractivity contribution in [3.8, 4) is 0 Å². The molecule has 0 radical (unpaired) electrons. The first-order chi connectivity index (χ1) is 8.30. The van der Waals surface area contributed by atoms with Crippen LogP contribution >= 0.6 is 0 Å². The van der Waals surface area contributed by atoms with E-state index < -0.39 is 5.66 Å². The SMILES string of the molecule is NC1=NC=NC2(Cc3ccccc3)N=CN=C12. The minimum atomic E-state index is -0.701. The van der Waals surface area contributed by atoms with E-state index in [2.05, 4.69) is 20.0 Å². The zero-order valence-corrected chi connectivity index (χ0v) is 9.11. The zero-order chi connectivity index (χ0) is 11.7. The van der Waals surface area contributed by atoms with Crippen molar-refractivity contribution >= 4 is 24.2 Å². The van der Waals surface area contributed by atoms with Crippen LogP contribution in [0.1, 0.15) is 5.56 Å². The molecule has 1 atom stereocenters. The third kappa shape index (κ3) is 1.56. The molecular formula is C12H11N5. The zero-order valence-electron chi connectivity index (χ0n) is 9.11. The van der Waals surface area contributed by atoms with Crippen molar-refractivity contribution in [3.63, 3.8) is 0 Å². The second-order valence-electron chi connectivity index (χ2n) is 3.96. The Hall–Kier alpha value is -2.30. The van der Waals surface area contributed by atoms with E-state index in [-0.39, 0.29) is 0 Å². The Bertz CT molecular complexity index is 556. The Balaban J connectivity index is 1.97. The predicted molar refractivity (Wildman–Crippen MR) is 68.9 cm³/mol. The quantitative estimate of drug-likeness (QED) is 0.794. The van der Waals surface area contributed by atoms with E-state index in [9.17, 15) is 0 Å². The molecule has 2 heterocycles. The van der Waals surface area contributed by atoms with Crippen LogP contribution in [0.5, 0.6) is 0 Å². The molecule has 0 aliphatic carbocycles. The summed E-state index contributed by atoms with van der Waals surface area (Å²) in [5.74, 6) is 0.397. The van der Waals surface area contributed by atoms with Gasteiger partial charge in [0.25, 0.3) is 0 Å². The fourth-order valence-corrected chi connectivity index (χ4v) is 2.02. The topological polar surface area (TPSA) is 75.5 Å². The molecule has 17 heavy (non-hydrogen) atoms. The van der Waals surface area contributed by atoms with Crippen molar-refractivity contribution in [3.05, 3.63) is 35.9 Å². The lowest BCUT2D eigenvalue weighted by atomic mass is 9.95. The molecule has 2 aliphatic rings. The molecule has 0 fully saturated rings. The second-order valence-corrected chi connectivity index (χ2v) is 3.96. The van der Waals surface area contributed by atoms with Gasteiger partial charge in [-0.15, -0.1) is 0 Å². The Labute approximate surface area is 98.5 Å². The van der Waals surface area contributed by atoms with E-state index in [1.807, 2.05) is 30.3 Å². The van der Waals surface area contributed by atoms with Gasteiger partial charge >= 0.3 is 0 Å². The van der Waals surface area contributed by atoms with Crippen molar-refractivity contribution in [1.82, 2.24) is 0 Å². The number of benzene rings is 1. The molecule has 0 bridgehead atoms. The number of aliphatic imine (C=N–C) groups is 4. The van der Waals surface area contributed by atoms with Crippen LogP contribution in [0.25, 0.3) is 0 Å². The Kier molecular flexibility index (Phi) is 2.11. The molecule has 0 saturated carbocycles. The fourth-order valence-electron chi connectivity index (χ4n) is 2.02. The molecule has 0 saturated heterocycles. The second kappa shape index (κ2) is 3.62. The summed E-state index contributed by atoms with van der Waals surface area (Å²) in [6.07, 6.45) is 3.61. The molecule has 0 aromatic heterocycles. The maximum absolute atomic E-state index is 5.81. The Morgan fingerprint density at radius 1 is 1.00 bits per heavy atom. The van der Waals surface area contributed by atoms with Gasteiger partial charge in [0, 0.05) is 6.42 Å². The molecular weight excluding hydrogens is 214 g/mol. The summed E-state index contributed by atoms with van der Waals surface area (Å²) in [4.78, 5) is 16.8. The van der Waals surface area contributed by atoms with Crippen LogP contribution in [-0.4, -0.2) is 29.9 Å². The van der Waals surface area contributed by atoms with Crippen molar-refractivity contribution < 1.29 is 0 Å². The lowest BCUT2D eigenvalue weighted by Crippen LogP contribution is -2.45. The smallest absolute Gasteiger partial charge is 0.203 e. The van der Waals surface area contributed by atoms with Gasteiger partial charge in [-0.25, -0.2) is 20.0 Å². The molecule has 3 rings (SSSR count). The van der Waals surface area contributed by atoms with E-state index in [0.717, 1.165) is 5.56 Å². The molecule has 5 heteroatoms. The third-order valence-electron chi connectivity index (χ3n) is 2.84. The van der Waals surface area contributed by atoms with Crippen LogP contribution in [-0.2, 0) is 6.42 Å². The van der Waals surface area contributed by atoms with Crippen molar-refractivity contribution in [2.75, 3.05) is 0 Å². The first-order valence-corrected chi connectivity index (χ1v) is 5.33. The van der Waals surface area contributed by atoms with Crippen LogP contribution < -0.4 is 5.73 Å². The van der Waals surface area contributed by atoms with Crippen LogP contribution in [0.4, 0.5) is 0 Å². The minimum Gasteiger partial charge on any atom is -0.382 e. The van der Waals surface area contributed by atoms with Crippen LogP contribution in [0.3, 0.4) is 0 Å². The molecule has 84 valence electrons. The van der Waals surface area contributed by atoms with E-state index in [1.165, 1.54) is 12.7 Å². The number of rotatable bonds is 2. The van der Waals surface area contributed by atoms with E-state index in [0.29, 0.717) is 18.0 Å². The van der Waals surface area contributed by atoms with E-state index >= 15 is 0 Å². The van der Waals surface area contributed by atoms with Crippen molar-refractivity contribution in [2.24, 2.45) is 25.7 Å². The number of fused-ring (bicyclic) bond motifs is 1. The van der Waals surface area contributed by atoms with Gasteiger partial charge in [0.2, 0.25) is 5.66 Å². The molecule has 1 aromatic rings. The average Bonchev–Trinajstić information content (AvgIpc) is 2.75. The monoisotopic (exact) mass is 225 g/mol. The van der Waals surface area contributed by atoms with Gasteiger partial charge in [-0.3, -0.25) is 0 Å². The van der Waals surface area contributed by atoms with Crippen molar-refractivity contribution in [1.29, 1.82) is 0 Å².